The minimum Gasteiger partial charge on any atom is -0.285 e. The lowest BCUT2D eigenvalue weighted by Gasteiger charge is -1.89. The molecule has 0 saturated carbocycles. The van der Waals surface area contributed by atoms with Gasteiger partial charge < -0.3 is 0 Å². The Bertz CT molecular complexity index is 553. The van der Waals surface area contributed by atoms with Crippen LogP contribution in [0.2, 0.25) is 0 Å². The summed E-state index contributed by atoms with van der Waals surface area (Å²) < 4.78 is 0. The molecule has 0 fully saturated rings. The number of aryl methyl sites for hydroxylation is 1. The third-order valence-electron chi connectivity index (χ3n) is 2.42. The maximum absolute atomic E-state index is 4.50. The molecule has 1 aromatic heterocycles. The average molecular weight is 198 g/mol. The first-order valence-electron chi connectivity index (χ1n) is 4.80. The van der Waals surface area contributed by atoms with Gasteiger partial charge >= 0.3 is 5.95 Å². The van der Waals surface area contributed by atoms with Crippen LogP contribution in [0.15, 0.2) is 35.6 Å². The zero-order chi connectivity index (χ0) is 10.3. The van der Waals surface area contributed by atoms with E-state index in [1.54, 1.807) is 11.2 Å². The van der Waals surface area contributed by atoms with E-state index in [1.165, 1.54) is 5.56 Å². The summed E-state index contributed by atoms with van der Waals surface area (Å²) in [7, 11) is 0. The molecule has 0 saturated heterocycles. The summed E-state index contributed by atoms with van der Waals surface area (Å²) in [5.41, 5.74) is 3.21. The highest BCUT2D eigenvalue weighted by atomic mass is 15.5. The number of rotatable bonds is 1. The van der Waals surface area contributed by atoms with E-state index in [0.29, 0.717) is 0 Å². The number of para-hydroxylation sites is 1. The maximum atomic E-state index is 4.50. The van der Waals surface area contributed by atoms with Crippen LogP contribution < -0.4 is 5.01 Å². The molecule has 0 spiro atoms. The molecule has 1 N–H and O–H groups in total. The van der Waals surface area contributed by atoms with Crippen molar-refractivity contribution in [1.29, 1.82) is 0 Å². The number of hydrogen-bond donors (Lipinski definition) is 1. The quantitative estimate of drug-likeness (QED) is 0.701. The Morgan fingerprint density at radius 1 is 1.33 bits per heavy atom. The van der Waals surface area contributed by atoms with Crippen LogP contribution in [0.25, 0.3) is 11.0 Å². The predicted molar refractivity (Wildman–Crippen MR) is 60.3 cm³/mol. The van der Waals surface area contributed by atoms with Crippen LogP contribution in [0, 0.1) is 6.92 Å². The van der Waals surface area contributed by atoms with Crippen molar-refractivity contribution in [3.05, 3.63) is 36.0 Å². The normalized spacial score (nSPS) is 15.5. The number of aromatic nitrogens is 2. The molecule has 0 bridgehead atoms. The topological polar surface area (TPSA) is 46.9 Å². The van der Waals surface area contributed by atoms with Gasteiger partial charge in [0.2, 0.25) is 0 Å². The third kappa shape index (κ3) is 1.27. The average Bonchev–Trinajstić information content (AvgIpc) is 2.86. The second-order valence-corrected chi connectivity index (χ2v) is 3.48. The number of fused-ring (bicyclic) bond motifs is 1. The first kappa shape index (κ1) is 8.38. The SMILES string of the molecule is Cc1cccc2[nH]c([N+]3C=CC=N3)nc12. The van der Waals surface area contributed by atoms with E-state index in [4.69, 9.17) is 0 Å². The molecule has 1 aliphatic rings. The number of benzene rings is 1. The highest BCUT2D eigenvalue weighted by Crippen LogP contribution is 2.20. The Balaban J connectivity index is 2.18. The molecule has 73 valence electrons. The summed E-state index contributed by atoms with van der Waals surface area (Å²) in [6, 6.07) is 6.08. The molecule has 0 atom stereocenters. The number of H-pyrrole nitrogens is 1. The van der Waals surface area contributed by atoms with Gasteiger partial charge in [-0.25, -0.2) is 0 Å². The van der Waals surface area contributed by atoms with Crippen LogP contribution in [0.1, 0.15) is 5.56 Å². The Morgan fingerprint density at radius 3 is 3.00 bits per heavy atom. The lowest BCUT2D eigenvalue weighted by atomic mass is 10.2. The van der Waals surface area contributed by atoms with Gasteiger partial charge in [-0.05, 0) is 23.7 Å². The van der Waals surface area contributed by atoms with E-state index in [-0.39, 0.29) is 0 Å². The van der Waals surface area contributed by atoms with Crippen LogP contribution in [-0.4, -0.2) is 16.2 Å². The smallest absolute Gasteiger partial charge is 0.285 e. The largest absolute Gasteiger partial charge is 0.393 e. The van der Waals surface area contributed by atoms with Gasteiger partial charge in [0.1, 0.15) is 0 Å². The Labute approximate surface area is 86.9 Å². The minimum atomic E-state index is 0.754. The van der Waals surface area contributed by atoms with Crippen molar-refractivity contribution < 1.29 is 0 Å². The first-order valence-corrected chi connectivity index (χ1v) is 4.80. The summed E-state index contributed by atoms with van der Waals surface area (Å²) in [6.45, 7) is 2.05. The van der Waals surface area contributed by atoms with Crippen molar-refractivity contribution in [2.45, 2.75) is 6.92 Å². The van der Waals surface area contributed by atoms with Gasteiger partial charge in [0.05, 0.1) is 22.3 Å². The number of nitrogens with one attached hydrogen (secondary N) is 1. The molecule has 0 unspecified atom stereocenters. The van der Waals surface area contributed by atoms with Crippen molar-refractivity contribution in [3.8, 4) is 0 Å². The summed E-state index contributed by atoms with van der Waals surface area (Å²) >= 11 is 0. The summed E-state index contributed by atoms with van der Waals surface area (Å²) in [4.78, 5) is 7.73. The number of allylic oxidation sites excluding steroid dienone is 1. The first-order chi connectivity index (χ1) is 7.34. The molecule has 0 amide bonds. The van der Waals surface area contributed by atoms with E-state index in [2.05, 4.69) is 28.1 Å². The van der Waals surface area contributed by atoms with Crippen LogP contribution in [0.3, 0.4) is 0 Å². The highest BCUT2D eigenvalue weighted by molar-refractivity contribution is 5.81. The van der Waals surface area contributed by atoms with Gasteiger partial charge in [0, 0.05) is 6.08 Å². The fraction of sp³-hybridized carbons (Fsp3) is 0.0909. The monoisotopic (exact) mass is 198 g/mol. The van der Waals surface area contributed by atoms with Gasteiger partial charge in [0.15, 0.2) is 6.20 Å². The van der Waals surface area contributed by atoms with Gasteiger partial charge in [-0.1, -0.05) is 12.1 Å². The van der Waals surface area contributed by atoms with Crippen molar-refractivity contribution >= 4 is 23.2 Å². The Hall–Kier alpha value is -1.94. The Morgan fingerprint density at radius 2 is 2.27 bits per heavy atom. The molecule has 4 heteroatoms. The zero-order valence-electron chi connectivity index (χ0n) is 8.31. The second-order valence-electron chi connectivity index (χ2n) is 3.48. The van der Waals surface area contributed by atoms with E-state index in [9.17, 15) is 0 Å². The molecule has 2 heterocycles. The number of hydrazone groups is 1. The van der Waals surface area contributed by atoms with Gasteiger partial charge in [0.25, 0.3) is 0 Å². The maximum Gasteiger partial charge on any atom is 0.393 e. The van der Waals surface area contributed by atoms with E-state index < -0.39 is 0 Å². The number of imidazole rings is 1. The molecule has 1 radical (unpaired) electrons. The molecule has 15 heavy (non-hydrogen) atoms. The fourth-order valence-electron chi connectivity index (χ4n) is 1.67. The third-order valence-corrected chi connectivity index (χ3v) is 2.42. The lowest BCUT2D eigenvalue weighted by molar-refractivity contribution is 0.716. The lowest BCUT2D eigenvalue weighted by Crippen LogP contribution is -2.06. The number of nitrogens with zero attached hydrogens (tertiary/aromatic N) is 3. The summed E-state index contributed by atoms with van der Waals surface area (Å²) in [5.74, 6) is 0.754. The minimum absolute atomic E-state index is 0.754. The zero-order valence-corrected chi connectivity index (χ0v) is 8.31. The van der Waals surface area contributed by atoms with Crippen LogP contribution in [0.5, 0.6) is 0 Å². The van der Waals surface area contributed by atoms with Crippen molar-refractivity contribution in [1.82, 2.24) is 15.0 Å². The van der Waals surface area contributed by atoms with Crippen molar-refractivity contribution in [3.63, 3.8) is 0 Å². The van der Waals surface area contributed by atoms with E-state index in [0.717, 1.165) is 17.0 Å². The van der Waals surface area contributed by atoms with Gasteiger partial charge in [-0.2, -0.15) is 4.98 Å². The van der Waals surface area contributed by atoms with Crippen molar-refractivity contribution in [2.75, 3.05) is 0 Å². The Kier molecular flexibility index (Phi) is 1.69. The van der Waals surface area contributed by atoms with Crippen LogP contribution >= 0.6 is 0 Å². The summed E-state index contributed by atoms with van der Waals surface area (Å²) in [6.07, 6.45) is 5.48. The highest BCUT2D eigenvalue weighted by Gasteiger charge is 2.23. The molecule has 1 aromatic carbocycles. The number of anilines is 1. The molecule has 3 rings (SSSR count). The van der Waals surface area contributed by atoms with Crippen molar-refractivity contribution in [2.24, 2.45) is 5.10 Å². The molecular formula is C11H10N4+. The second kappa shape index (κ2) is 3.03. The van der Waals surface area contributed by atoms with Crippen LogP contribution in [0.4, 0.5) is 5.95 Å². The number of hydrogen-bond acceptors (Lipinski definition) is 3. The molecule has 0 aliphatic carbocycles. The number of aromatic amines is 1. The van der Waals surface area contributed by atoms with Gasteiger partial charge in [-0.15, -0.1) is 0 Å². The molecule has 2 aromatic rings. The standard InChI is InChI=1S/C11H10N4/c1-8-4-2-5-9-10(8)14-11(13-9)15-7-3-6-12-15/h2-7H,1H3,(H,13,14)/q+1. The van der Waals surface area contributed by atoms with Gasteiger partial charge in [-0.3, -0.25) is 4.98 Å². The van der Waals surface area contributed by atoms with E-state index in [1.807, 2.05) is 24.4 Å². The summed E-state index contributed by atoms with van der Waals surface area (Å²) in [5, 5.41) is 5.86. The molecule has 4 nitrogen and oxygen atoms in total. The molecule has 1 aliphatic heterocycles. The molecular weight excluding hydrogens is 188 g/mol. The fourth-order valence-corrected chi connectivity index (χ4v) is 1.67. The predicted octanol–water partition coefficient (Wildman–Crippen LogP) is 2.16. The van der Waals surface area contributed by atoms with Crippen LogP contribution in [-0.2, 0) is 0 Å². The van der Waals surface area contributed by atoms with E-state index >= 15 is 0 Å².